The molecule has 0 radical (unpaired) electrons. The second-order valence-corrected chi connectivity index (χ2v) is 7.20. The van der Waals surface area contributed by atoms with Gasteiger partial charge in [-0.1, -0.05) is 35.9 Å². The number of carbonyl (C=O) groups is 1. The van der Waals surface area contributed by atoms with Crippen molar-refractivity contribution in [3.8, 4) is 11.5 Å². The molecule has 1 aliphatic heterocycles. The molecule has 2 aromatic rings. The molecule has 4 nitrogen and oxygen atoms in total. The molecule has 0 spiro atoms. The van der Waals surface area contributed by atoms with E-state index in [1.165, 1.54) is 17.6 Å². The minimum Gasteiger partial charge on any atom is -0.497 e. The van der Waals surface area contributed by atoms with Gasteiger partial charge < -0.3 is 9.47 Å². The lowest BCUT2D eigenvalue weighted by atomic mass is 9.79. The van der Waals surface area contributed by atoms with E-state index in [4.69, 9.17) is 9.47 Å². The summed E-state index contributed by atoms with van der Waals surface area (Å²) < 4.78 is 11.0. The van der Waals surface area contributed by atoms with Crippen molar-refractivity contribution in [1.29, 1.82) is 0 Å². The maximum absolute atomic E-state index is 13.0. The van der Waals surface area contributed by atoms with Crippen molar-refractivity contribution < 1.29 is 14.3 Å². The highest BCUT2D eigenvalue weighted by atomic mass is 16.5. The lowest BCUT2D eigenvalue weighted by Gasteiger charge is -2.36. The van der Waals surface area contributed by atoms with Gasteiger partial charge in [-0.2, -0.15) is 0 Å². The fourth-order valence-electron chi connectivity index (χ4n) is 4.13. The first-order chi connectivity index (χ1) is 13.2. The number of ether oxygens (including phenoxy) is 2. The number of para-hydroxylation sites is 1. The number of nitrogens with one attached hydrogen (secondary N) is 1. The molecule has 0 bridgehead atoms. The van der Waals surface area contributed by atoms with Gasteiger partial charge in [-0.15, -0.1) is 0 Å². The summed E-state index contributed by atoms with van der Waals surface area (Å²) in [6, 6.07) is 17.1. The zero-order valence-corrected chi connectivity index (χ0v) is 15.6. The molecule has 0 amide bonds. The summed E-state index contributed by atoms with van der Waals surface area (Å²) in [7, 11) is 1.68. The highest BCUT2D eigenvalue weighted by molar-refractivity contribution is 5.82. The van der Waals surface area contributed by atoms with E-state index < -0.39 is 0 Å². The zero-order valence-electron chi connectivity index (χ0n) is 15.6. The number of benzene rings is 2. The summed E-state index contributed by atoms with van der Waals surface area (Å²) in [5, 5.41) is 3.55. The molecule has 1 aliphatic carbocycles. The number of hydrogen-bond acceptors (Lipinski definition) is 4. The van der Waals surface area contributed by atoms with Crippen molar-refractivity contribution >= 4 is 5.97 Å². The molecule has 1 heterocycles. The first-order valence-electron chi connectivity index (χ1n) is 9.62. The molecule has 2 aromatic carbocycles. The highest BCUT2D eigenvalue weighted by Crippen LogP contribution is 2.39. The Morgan fingerprint density at radius 1 is 1.00 bits per heavy atom. The van der Waals surface area contributed by atoms with Crippen LogP contribution in [0, 0.1) is 0 Å². The molecule has 1 N–H and O–H groups in total. The molecule has 0 fully saturated rings. The van der Waals surface area contributed by atoms with Crippen LogP contribution in [0.1, 0.15) is 43.7 Å². The zero-order chi connectivity index (χ0) is 18.6. The maximum atomic E-state index is 13.0. The molecule has 27 heavy (non-hydrogen) atoms. The van der Waals surface area contributed by atoms with Crippen LogP contribution in [0.3, 0.4) is 0 Å². The Balaban J connectivity index is 1.61. The average molecular weight is 363 g/mol. The van der Waals surface area contributed by atoms with E-state index in [-0.39, 0.29) is 18.1 Å². The van der Waals surface area contributed by atoms with Crippen molar-refractivity contribution in [3.63, 3.8) is 0 Å². The molecule has 2 atom stereocenters. The molecule has 0 saturated heterocycles. The third kappa shape index (κ3) is 3.91. The quantitative estimate of drug-likeness (QED) is 0.491. The summed E-state index contributed by atoms with van der Waals surface area (Å²) in [4.78, 5) is 13.0. The summed E-state index contributed by atoms with van der Waals surface area (Å²) in [5.74, 6) is 1.20. The number of hydrogen-bond donors (Lipinski definition) is 1. The van der Waals surface area contributed by atoms with Gasteiger partial charge in [0.1, 0.15) is 17.5 Å². The highest BCUT2D eigenvalue weighted by Gasteiger charge is 2.35. The Morgan fingerprint density at radius 2 is 1.78 bits per heavy atom. The van der Waals surface area contributed by atoms with Crippen LogP contribution >= 0.6 is 0 Å². The molecule has 4 rings (SSSR count). The van der Waals surface area contributed by atoms with Crippen molar-refractivity contribution in [3.05, 3.63) is 71.3 Å². The van der Waals surface area contributed by atoms with E-state index in [9.17, 15) is 4.79 Å². The molecule has 140 valence electrons. The third-order valence-electron chi connectivity index (χ3n) is 5.49. The smallest absolute Gasteiger partial charge is 0.332 e. The standard InChI is InChI=1S/C23H25NO3/c1-26-19-12-7-9-17(14-19)21-15-16-8-5-6-13-20(16)22(24-21)23(25)27-18-10-3-2-4-11-18/h2-4,7,9-12,14,21-22,24H,5-6,8,13,15H2,1H3/t21-,22-/m0/s1. The maximum Gasteiger partial charge on any atom is 0.332 e. The van der Waals surface area contributed by atoms with Crippen LogP contribution in [-0.2, 0) is 4.79 Å². The lowest BCUT2D eigenvalue weighted by molar-refractivity contribution is -0.136. The van der Waals surface area contributed by atoms with E-state index in [2.05, 4.69) is 11.4 Å². The Kier molecular flexibility index (Phi) is 5.26. The fourth-order valence-corrected chi connectivity index (χ4v) is 4.13. The molecular weight excluding hydrogens is 338 g/mol. The number of methoxy groups -OCH3 is 1. The fraction of sp³-hybridized carbons (Fsp3) is 0.348. The van der Waals surface area contributed by atoms with Crippen molar-refractivity contribution in [2.75, 3.05) is 7.11 Å². The van der Waals surface area contributed by atoms with Crippen molar-refractivity contribution in [2.45, 2.75) is 44.2 Å². The molecule has 2 aliphatic rings. The lowest BCUT2D eigenvalue weighted by Crippen LogP contribution is -2.46. The van der Waals surface area contributed by atoms with Crippen LogP contribution in [0.5, 0.6) is 11.5 Å². The third-order valence-corrected chi connectivity index (χ3v) is 5.49. The van der Waals surface area contributed by atoms with E-state index in [1.54, 1.807) is 7.11 Å². The monoisotopic (exact) mass is 363 g/mol. The molecule has 0 aromatic heterocycles. The first-order valence-corrected chi connectivity index (χ1v) is 9.62. The molecule has 4 heteroatoms. The van der Waals surface area contributed by atoms with Crippen molar-refractivity contribution in [2.24, 2.45) is 0 Å². The molecule has 0 saturated carbocycles. The van der Waals surface area contributed by atoms with Gasteiger partial charge in [-0.05, 0) is 67.5 Å². The van der Waals surface area contributed by atoms with Crippen LogP contribution in [0.4, 0.5) is 0 Å². The van der Waals surface area contributed by atoms with Crippen molar-refractivity contribution in [1.82, 2.24) is 5.32 Å². The van der Waals surface area contributed by atoms with Crippen LogP contribution in [0.25, 0.3) is 0 Å². The summed E-state index contributed by atoms with van der Waals surface area (Å²) in [5.41, 5.74) is 3.80. The van der Waals surface area contributed by atoms with Gasteiger partial charge in [0.2, 0.25) is 0 Å². The van der Waals surface area contributed by atoms with Gasteiger partial charge >= 0.3 is 5.97 Å². The van der Waals surface area contributed by atoms with Gasteiger partial charge in [0.15, 0.2) is 0 Å². The average Bonchev–Trinajstić information content (AvgIpc) is 2.73. The van der Waals surface area contributed by atoms with Crippen LogP contribution in [0.15, 0.2) is 65.7 Å². The van der Waals surface area contributed by atoms with Gasteiger partial charge in [0.05, 0.1) is 7.11 Å². The van der Waals surface area contributed by atoms with Gasteiger partial charge in [-0.3, -0.25) is 5.32 Å². The van der Waals surface area contributed by atoms with Crippen LogP contribution < -0.4 is 14.8 Å². The second-order valence-electron chi connectivity index (χ2n) is 7.20. The predicted octanol–water partition coefficient (Wildman–Crippen LogP) is 4.57. The van der Waals surface area contributed by atoms with E-state index in [0.717, 1.165) is 37.0 Å². The Bertz CT molecular complexity index is 844. The predicted molar refractivity (Wildman–Crippen MR) is 105 cm³/mol. The summed E-state index contributed by atoms with van der Waals surface area (Å²) in [6.07, 6.45) is 5.33. The summed E-state index contributed by atoms with van der Waals surface area (Å²) >= 11 is 0. The normalized spacial score (nSPS) is 22.1. The minimum absolute atomic E-state index is 0.0882. The summed E-state index contributed by atoms with van der Waals surface area (Å²) in [6.45, 7) is 0. The van der Waals surface area contributed by atoms with Crippen LogP contribution in [0.2, 0.25) is 0 Å². The molecular formula is C23H25NO3. The Labute approximate surface area is 160 Å². The van der Waals surface area contributed by atoms with E-state index in [0.29, 0.717) is 5.75 Å². The van der Waals surface area contributed by atoms with Gasteiger partial charge in [0.25, 0.3) is 0 Å². The van der Waals surface area contributed by atoms with Crippen LogP contribution in [-0.4, -0.2) is 19.1 Å². The number of esters is 1. The SMILES string of the molecule is COc1cccc([C@@H]2CC3=C(CCCC3)[C@@H](C(=O)Oc3ccccc3)N2)c1. The number of rotatable bonds is 4. The second kappa shape index (κ2) is 7.97. The minimum atomic E-state index is -0.384. The van der Waals surface area contributed by atoms with Gasteiger partial charge in [-0.25, -0.2) is 4.79 Å². The van der Waals surface area contributed by atoms with E-state index in [1.807, 2.05) is 48.5 Å². The molecule has 0 unspecified atom stereocenters. The Morgan fingerprint density at radius 3 is 2.59 bits per heavy atom. The van der Waals surface area contributed by atoms with E-state index >= 15 is 0 Å². The largest absolute Gasteiger partial charge is 0.497 e. The Hall–Kier alpha value is -2.59. The topological polar surface area (TPSA) is 47.6 Å². The first kappa shape index (κ1) is 17.8. The van der Waals surface area contributed by atoms with Gasteiger partial charge in [0, 0.05) is 6.04 Å². The number of carbonyl (C=O) groups excluding carboxylic acids is 1.